The SMILES string of the molecule is CCOC(=O)C(C)(Cl)N=Nc1cc(Cl)ccc1Cl. The van der Waals surface area contributed by atoms with E-state index in [4.69, 9.17) is 39.5 Å². The second-order valence-electron chi connectivity index (χ2n) is 3.47. The Hall–Kier alpha value is -0.840. The van der Waals surface area contributed by atoms with E-state index in [1.807, 2.05) is 0 Å². The molecule has 0 heterocycles. The molecule has 0 aliphatic heterocycles. The molecule has 7 heteroatoms. The molecule has 0 aliphatic carbocycles. The van der Waals surface area contributed by atoms with Crippen molar-refractivity contribution in [3.63, 3.8) is 0 Å². The topological polar surface area (TPSA) is 51.0 Å². The maximum Gasteiger partial charge on any atom is 0.351 e. The van der Waals surface area contributed by atoms with Crippen LogP contribution in [0.4, 0.5) is 5.69 Å². The minimum atomic E-state index is -1.58. The molecule has 0 radical (unpaired) electrons. The molecular formula is C11H11Cl3N2O2. The molecule has 98 valence electrons. The van der Waals surface area contributed by atoms with Gasteiger partial charge in [-0.05, 0) is 32.0 Å². The van der Waals surface area contributed by atoms with E-state index in [1.165, 1.54) is 13.0 Å². The molecule has 1 aromatic rings. The molecule has 1 atom stereocenters. The van der Waals surface area contributed by atoms with Crippen molar-refractivity contribution in [3.05, 3.63) is 28.2 Å². The summed E-state index contributed by atoms with van der Waals surface area (Å²) in [6, 6.07) is 4.72. The maximum atomic E-state index is 11.5. The number of alkyl halides is 1. The number of carbonyl (C=O) groups is 1. The van der Waals surface area contributed by atoms with E-state index in [9.17, 15) is 4.79 Å². The van der Waals surface area contributed by atoms with E-state index >= 15 is 0 Å². The van der Waals surface area contributed by atoms with Crippen molar-refractivity contribution in [1.82, 2.24) is 0 Å². The summed E-state index contributed by atoms with van der Waals surface area (Å²) in [4.78, 5) is 9.89. The van der Waals surface area contributed by atoms with Crippen LogP contribution >= 0.6 is 34.8 Å². The first-order valence-electron chi connectivity index (χ1n) is 5.11. The van der Waals surface area contributed by atoms with Crippen LogP contribution in [0.15, 0.2) is 28.4 Å². The quantitative estimate of drug-likeness (QED) is 0.353. The van der Waals surface area contributed by atoms with Crippen molar-refractivity contribution in [2.75, 3.05) is 6.61 Å². The van der Waals surface area contributed by atoms with E-state index in [1.54, 1.807) is 19.1 Å². The molecule has 1 rings (SSSR count). The van der Waals surface area contributed by atoms with Crippen molar-refractivity contribution >= 4 is 46.5 Å². The third-order valence-corrected chi connectivity index (χ3v) is 2.69. The van der Waals surface area contributed by atoms with E-state index in [0.29, 0.717) is 15.7 Å². The van der Waals surface area contributed by atoms with E-state index in [-0.39, 0.29) is 6.61 Å². The normalized spacial score (nSPS) is 14.5. The van der Waals surface area contributed by atoms with Crippen molar-refractivity contribution in [1.29, 1.82) is 0 Å². The zero-order valence-electron chi connectivity index (χ0n) is 9.78. The monoisotopic (exact) mass is 308 g/mol. The number of esters is 1. The van der Waals surface area contributed by atoms with Gasteiger partial charge in [-0.3, -0.25) is 0 Å². The number of halogens is 3. The first kappa shape index (κ1) is 15.2. The summed E-state index contributed by atoms with van der Waals surface area (Å²) in [5.74, 6) is -0.673. The fourth-order valence-electron chi connectivity index (χ4n) is 1.01. The van der Waals surface area contributed by atoms with Gasteiger partial charge in [0.2, 0.25) is 5.00 Å². The van der Waals surface area contributed by atoms with Crippen molar-refractivity contribution < 1.29 is 9.53 Å². The summed E-state index contributed by atoms with van der Waals surface area (Å²) in [5.41, 5.74) is 0.334. The maximum absolute atomic E-state index is 11.5. The minimum absolute atomic E-state index is 0.217. The van der Waals surface area contributed by atoms with Gasteiger partial charge in [-0.25, -0.2) is 4.79 Å². The molecule has 0 spiro atoms. The Morgan fingerprint density at radius 1 is 1.44 bits per heavy atom. The Kier molecular flexibility index (Phi) is 5.38. The largest absolute Gasteiger partial charge is 0.463 e. The number of azo groups is 1. The van der Waals surface area contributed by atoms with Crippen LogP contribution in [0.2, 0.25) is 10.0 Å². The molecule has 0 N–H and O–H groups in total. The third kappa shape index (κ3) is 4.12. The highest BCUT2D eigenvalue weighted by atomic mass is 35.5. The molecule has 0 saturated carbocycles. The standard InChI is InChI=1S/C11H11Cl3N2O2/c1-3-18-10(17)11(2,14)16-15-9-6-7(12)4-5-8(9)13/h4-6H,3H2,1-2H3. The summed E-state index contributed by atoms with van der Waals surface area (Å²) in [5, 5.41) is 8.36. The Balaban J connectivity index is 2.91. The highest BCUT2D eigenvalue weighted by Crippen LogP contribution is 2.30. The van der Waals surface area contributed by atoms with Crippen LogP contribution in [0.5, 0.6) is 0 Å². The van der Waals surface area contributed by atoms with Gasteiger partial charge < -0.3 is 4.74 Å². The number of nitrogens with zero attached hydrogens (tertiary/aromatic N) is 2. The van der Waals surface area contributed by atoms with Gasteiger partial charge in [-0.1, -0.05) is 34.8 Å². The van der Waals surface area contributed by atoms with Crippen LogP contribution in [0.25, 0.3) is 0 Å². The lowest BCUT2D eigenvalue weighted by atomic mass is 10.3. The zero-order valence-corrected chi connectivity index (χ0v) is 12.1. The molecule has 0 amide bonds. The fraction of sp³-hybridized carbons (Fsp3) is 0.364. The molecular weight excluding hydrogens is 298 g/mol. The number of hydrogen-bond acceptors (Lipinski definition) is 4. The van der Waals surface area contributed by atoms with E-state index in [2.05, 4.69) is 10.2 Å². The predicted octanol–water partition coefficient (Wildman–Crippen LogP) is 4.60. The number of benzene rings is 1. The van der Waals surface area contributed by atoms with Crippen LogP contribution in [0.3, 0.4) is 0 Å². The summed E-state index contributed by atoms with van der Waals surface area (Å²) in [7, 11) is 0. The molecule has 0 aliphatic rings. The summed E-state index contributed by atoms with van der Waals surface area (Å²) < 4.78 is 4.77. The predicted molar refractivity (Wildman–Crippen MR) is 71.9 cm³/mol. The lowest BCUT2D eigenvalue weighted by Gasteiger charge is -2.13. The lowest BCUT2D eigenvalue weighted by Crippen LogP contribution is -2.28. The minimum Gasteiger partial charge on any atom is -0.463 e. The Morgan fingerprint density at radius 3 is 2.72 bits per heavy atom. The average molecular weight is 310 g/mol. The fourth-order valence-corrected chi connectivity index (χ4v) is 1.43. The molecule has 1 unspecified atom stereocenters. The van der Waals surface area contributed by atoms with E-state index in [0.717, 1.165) is 0 Å². The Labute approximate surface area is 120 Å². The molecule has 0 saturated heterocycles. The first-order valence-corrected chi connectivity index (χ1v) is 6.24. The summed E-state index contributed by atoms with van der Waals surface area (Å²) >= 11 is 17.6. The molecule has 0 fully saturated rings. The Bertz CT molecular complexity index is 475. The summed E-state index contributed by atoms with van der Waals surface area (Å²) in [6.07, 6.45) is 0. The second-order valence-corrected chi connectivity index (χ2v) is 5.05. The van der Waals surface area contributed by atoms with Crippen molar-refractivity contribution in [2.45, 2.75) is 18.8 Å². The van der Waals surface area contributed by atoms with Gasteiger partial charge in [0.15, 0.2) is 0 Å². The van der Waals surface area contributed by atoms with Gasteiger partial charge >= 0.3 is 5.97 Å². The van der Waals surface area contributed by atoms with Gasteiger partial charge in [-0.15, -0.1) is 0 Å². The third-order valence-electron chi connectivity index (χ3n) is 1.90. The van der Waals surface area contributed by atoms with Gasteiger partial charge in [0, 0.05) is 5.02 Å². The van der Waals surface area contributed by atoms with Crippen molar-refractivity contribution in [3.8, 4) is 0 Å². The highest BCUT2D eigenvalue weighted by Gasteiger charge is 2.32. The van der Waals surface area contributed by atoms with Crippen LogP contribution in [-0.4, -0.2) is 17.6 Å². The van der Waals surface area contributed by atoms with Gasteiger partial charge in [-0.2, -0.15) is 10.2 Å². The first-order chi connectivity index (χ1) is 8.36. The van der Waals surface area contributed by atoms with Gasteiger partial charge in [0.1, 0.15) is 5.69 Å². The second kappa shape index (κ2) is 6.36. The van der Waals surface area contributed by atoms with E-state index < -0.39 is 11.0 Å². The molecule has 1 aromatic carbocycles. The zero-order chi connectivity index (χ0) is 13.8. The number of rotatable bonds is 4. The lowest BCUT2D eigenvalue weighted by molar-refractivity contribution is -0.145. The molecule has 0 bridgehead atoms. The van der Waals surface area contributed by atoms with Crippen LogP contribution in [0, 0.1) is 0 Å². The van der Waals surface area contributed by atoms with Crippen LogP contribution in [-0.2, 0) is 9.53 Å². The molecule has 18 heavy (non-hydrogen) atoms. The van der Waals surface area contributed by atoms with Crippen LogP contribution in [0.1, 0.15) is 13.8 Å². The smallest absolute Gasteiger partial charge is 0.351 e. The highest BCUT2D eigenvalue weighted by molar-refractivity contribution is 6.35. The molecule has 0 aromatic heterocycles. The number of ether oxygens (including phenoxy) is 1. The molecule has 4 nitrogen and oxygen atoms in total. The Morgan fingerprint density at radius 2 is 2.11 bits per heavy atom. The van der Waals surface area contributed by atoms with Gasteiger partial charge in [0.05, 0.1) is 11.6 Å². The van der Waals surface area contributed by atoms with Gasteiger partial charge in [0.25, 0.3) is 0 Å². The average Bonchev–Trinajstić information content (AvgIpc) is 2.31. The number of hydrogen-bond donors (Lipinski definition) is 0. The summed E-state index contributed by atoms with van der Waals surface area (Å²) in [6.45, 7) is 3.28. The van der Waals surface area contributed by atoms with Crippen molar-refractivity contribution in [2.24, 2.45) is 10.2 Å². The number of carbonyl (C=O) groups excluding carboxylic acids is 1. The van der Waals surface area contributed by atoms with Crippen LogP contribution < -0.4 is 0 Å².